The summed E-state index contributed by atoms with van der Waals surface area (Å²) in [5, 5.41) is 8.29. The van der Waals surface area contributed by atoms with Crippen LogP contribution >= 0.6 is 11.6 Å². The fourth-order valence-corrected chi connectivity index (χ4v) is 4.15. The summed E-state index contributed by atoms with van der Waals surface area (Å²) in [6.07, 6.45) is 4.19. The van der Waals surface area contributed by atoms with E-state index in [2.05, 4.69) is 15.1 Å². The van der Waals surface area contributed by atoms with Crippen molar-refractivity contribution in [2.24, 2.45) is 0 Å². The molecule has 5 nitrogen and oxygen atoms in total. The Morgan fingerprint density at radius 3 is 2.69 bits per heavy atom. The zero-order valence-electron chi connectivity index (χ0n) is 16.4. The van der Waals surface area contributed by atoms with Gasteiger partial charge in [-0.15, -0.1) is 0 Å². The van der Waals surface area contributed by atoms with E-state index in [1.165, 1.54) is 18.4 Å². The number of nitrogens with zero attached hydrogens (tertiary/aromatic N) is 2. The molecular formula is C23H24ClN3O2. The third kappa shape index (κ3) is 4.52. The fraction of sp³-hybridized carbons (Fsp3) is 0.304. The monoisotopic (exact) mass is 409 g/mol. The average Bonchev–Trinajstić information content (AvgIpc) is 3.24. The van der Waals surface area contributed by atoms with Crippen LogP contribution in [0.1, 0.15) is 40.4 Å². The molecule has 0 spiro atoms. The quantitative estimate of drug-likeness (QED) is 0.609. The number of methoxy groups -OCH3 is 1. The van der Waals surface area contributed by atoms with E-state index < -0.39 is 0 Å². The van der Waals surface area contributed by atoms with Crippen LogP contribution in [0.4, 0.5) is 0 Å². The van der Waals surface area contributed by atoms with Crippen LogP contribution in [0.3, 0.4) is 0 Å². The maximum absolute atomic E-state index is 11.6. The topological polar surface area (TPSA) is 58.2 Å². The Bertz CT molecular complexity index is 967. The van der Waals surface area contributed by atoms with Gasteiger partial charge in [0.1, 0.15) is 0 Å². The summed E-state index contributed by atoms with van der Waals surface area (Å²) in [5.41, 5.74) is 5.25. The molecule has 150 valence electrons. The van der Waals surface area contributed by atoms with Crippen molar-refractivity contribution in [3.8, 4) is 11.1 Å². The van der Waals surface area contributed by atoms with Gasteiger partial charge < -0.3 is 4.74 Å². The van der Waals surface area contributed by atoms with Crippen LogP contribution in [0.15, 0.2) is 54.7 Å². The predicted octanol–water partition coefficient (Wildman–Crippen LogP) is 4.90. The van der Waals surface area contributed by atoms with E-state index in [0.29, 0.717) is 11.5 Å². The molecule has 0 bridgehead atoms. The van der Waals surface area contributed by atoms with E-state index in [9.17, 15) is 4.79 Å². The number of aromatic nitrogens is 2. The molecule has 3 aromatic rings. The molecule has 1 atom stereocenters. The van der Waals surface area contributed by atoms with Crippen molar-refractivity contribution in [2.75, 3.05) is 20.2 Å². The lowest BCUT2D eigenvalue weighted by Crippen LogP contribution is -2.34. The van der Waals surface area contributed by atoms with E-state index in [0.717, 1.165) is 48.6 Å². The number of H-pyrrole nitrogens is 1. The summed E-state index contributed by atoms with van der Waals surface area (Å²) >= 11 is 6.04. The standard InChI is InChI=1S/C23H24ClN3O2/c1-29-23(28)18-6-4-16(5-7-18)14-27-12-2-3-19(15-27)22-21(13-25-26-22)17-8-10-20(24)11-9-17/h4-11,13,19H,2-3,12,14-15H2,1H3,(H,25,26). The third-order valence-corrected chi connectivity index (χ3v) is 5.77. The van der Waals surface area contributed by atoms with Crippen LogP contribution in [0.5, 0.6) is 0 Å². The van der Waals surface area contributed by atoms with Gasteiger partial charge in [-0.3, -0.25) is 10.00 Å². The predicted molar refractivity (Wildman–Crippen MR) is 114 cm³/mol. The molecule has 0 amide bonds. The first-order valence-electron chi connectivity index (χ1n) is 9.83. The second-order valence-electron chi connectivity index (χ2n) is 7.47. The zero-order chi connectivity index (χ0) is 20.2. The maximum atomic E-state index is 11.6. The van der Waals surface area contributed by atoms with E-state index in [-0.39, 0.29) is 5.97 Å². The normalized spacial score (nSPS) is 17.2. The molecule has 1 N–H and O–H groups in total. The lowest BCUT2D eigenvalue weighted by Gasteiger charge is -2.32. The van der Waals surface area contributed by atoms with Crippen molar-refractivity contribution in [3.05, 3.63) is 76.6 Å². The molecule has 0 aliphatic carbocycles. The summed E-state index contributed by atoms with van der Waals surface area (Å²) in [5.74, 6) is 0.106. The second kappa shape index (κ2) is 8.80. The zero-order valence-corrected chi connectivity index (χ0v) is 17.2. The molecule has 2 heterocycles. The van der Waals surface area contributed by atoms with Gasteiger partial charge in [0.05, 0.1) is 18.9 Å². The molecular weight excluding hydrogens is 386 g/mol. The van der Waals surface area contributed by atoms with Crippen molar-refractivity contribution in [2.45, 2.75) is 25.3 Å². The largest absolute Gasteiger partial charge is 0.465 e. The molecule has 6 heteroatoms. The number of rotatable bonds is 5. The highest BCUT2D eigenvalue weighted by molar-refractivity contribution is 6.30. The first-order chi connectivity index (χ1) is 14.1. The third-order valence-electron chi connectivity index (χ3n) is 5.52. The van der Waals surface area contributed by atoms with Crippen molar-refractivity contribution in [1.82, 2.24) is 15.1 Å². The number of carbonyl (C=O) groups excluding carboxylic acids is 1. The van der Waals surface area contributed by atoms with Gasteiger partial charge in [-0.2, -0.15) is 5.10 Å². The average molecular weight is 410 g/mol. The van der Waals surface area contributed by atoms with Crippen LogP contribution in [0.25, 0.3) is 11.1 Å². The summed E-state index contributed by atoms with van der Waals surface area (Å²) in [6, 6.07) is 15.6. The number of esters is 1. The minimum absolute atomic E-state index is 0.302. The van der Waals surface area contributed by atoms with Crippen LogP contribution in [-0.4, -0.2) is 41.3 Å². The van der Waals surface area contributed by atoms with E-state index in [1.807, 2.05) is 54.7 Å². The van der Waals surface area contributed by atoms with Gasteiger partial charge in [-0.05, 0) is 54.8 Å². The Balaban J connectivity index is 1.46. The molecule has 1 aromatic heterocycles. The Morgan fingerprint density at radius 1 is 1.21 bits per heavy atom. The van der Waals surface area contributed by atoms with E-state index in [1.54, 1.807) is 0 Å². The van der Waals surface area contributed by atoms with E-state index in [4.69, 9.17) is 16.3 Å². The summed E-state index contributed by atoms with van der Waals surface area (Å²) in [6.45, 7) is 2.91. The molecule has 1 unspecified atom stereocenters. The number of nitrogens with one attached hydrogen (secondary N) is 1. The molecule has 4 rings (SSSR count). The SMILES string of the molecule is COC(=O)c1ccc(CN2CCCC(c3[nH]ncc3-c3ccc(Cl)cc3)C2)cc1. The summed E-state index contributed by atoms with van der Waals surface area (Å²) < 4.78 is 4.77. The molecule has 29 heavy (non-hydrogen) atoms. The first kappa shape index (κ1) is 19.7. The van der Waals surface area contributed by atoms with Gasteiger partial charge >= 0.3 is 5.97 Å². The molecule has 2 aromatic carbocycles. The number of benzene rings is 2. The number of aromatic amines is 1. The molecule has 1 fully saturated rings. The number of hydrogen-bond acceptors (Lipinski definition) is 4. The van der Waals surface area contributed by atoms with Crippen LogP contribution < -0.4 is 0 Å². The number of carbonyl (C=O) groups is 1. The number of piperidine rings is 1. The van der Waals surface area contributed by atoms with Gasteiger partial charge in [0.25, 0.3) is 0 Å². The lowest BCUT2D eigenvalue weighted by atomic mass is 9.90. The van der Waals surface area contributed by atoms with Crippen molar-refractivity contribution < 1.29 is 9.53 Å². The fourth-order valence-electron chi connectivity index (χ4n) is 4.02. The van der Waals surface area contributed by atoms with Gasteiger partial charge in [-0.1, -0.05) is 35.9 Å². The Morgan fingerprint density at radius 2 is 1.97 bits per heavy atom. The van der Waals surface area contributed by atoms with Crippen molar-refractivity contribution >= 4 is 17.6 Å². The molecule has 0 radical (unpaired) electrons. The molecule has 1 aliphatic heterocycles. The van der Waals surface area contributed by atoms with Crippen LogP contribution in [0.2, 0.25) is 5.02 Å². The lowest BCUT2D eigenvalue weighted by molar-refractivity contribution is 0.0600. The highest BCUT2D eigenvalue weighted by Crippen LogP contribution is 2.33. The molecule has 0 saturated carbocycles. The van der Waals surface area contributed by atoms with Gasteiger partial charge in [-0.25, -0.2) is 4.79 Å². The summed E-state index contributed by atoms with van der Waals surface area (Å²) in [4.78, 5) is 14.1. The number of ether oxygens (including phenoxy) is 1. The van der Waals surface area contributed by atoms with Crippen LogP contribution in [-0.2, 0) is 11.3 Å². The van der Waals surface area contributed by atoms with Gasteiger partial charge in [0, 0.05) is 35.3 Å². The van der Waals surface area contributed by atoms with Gasteiger partial charge in [0.15, 0.2) is 0 Å². The highest BCUT2D eigenvalue weighted by Gasteiger charge is 2.25. The summed E-state index contributed by atoms with van der Waals surface area (Å²) in [7, 11) is 1.40. The first-order valence-corrected chi connectivity index (χ1v) is 10.2. The minimum Gasteiger partial charge on any atom is -0.465 e. The Labute approximate surface area is 175 Å². The van der Waals surface area contributed by atoms with Crippen molar-refractivity contribution in [3.63, 3.8) is 0 Å². The second-order valence-corrected chi connectivity index (χ2v) is 7.90. The number of hydrogen-bond donors (Lipinski definition) is 1. The smallest absolute Gasteiger partial charge is 0.337 e. The van der Waals surface area contributed by atoms with Crippen molar-refractivity contribution in [1.29, 1.82) is 0 Å². The van der Waals surface area contributed by atoms with Gasteiger partial charge in [0.2, 0.25) is 0 Å². The minimum atomic E-state index is -0.302. The van der Waals surface area contributed by atoms with Crippen LogP contribution in [0, 0.1) is 0 Å². The highest BCUT2D eigenvalue weighted by atomic mass is 35.5. The number of halogens is 1. The Hall–Kier alpha value is -2.63. The number of likely N-dealkylation sites (tertiary alicyclic amines) is 1. The molecule has 1 aliphatic rings. The maximum Gasteiger partial charge on any atom is 0.337 e. The molecule has 1 saturated heterocycles. The van der Waals surface area contributed by atoms with E-state index >= 15 is 0 Å². The Kier molecular flexibility index (Phi) is 5.97.